The quantitative estimate of drug-likeness (QED) is 0.191. The molecule has 1 saturated carbocycles. The topological polar surface area (TPSA) is 47.9 Å². The minimum Gasteiger partial charge on any atom is -0.396 e. The highest BCUT2D eigenvalue weighted by Crippen LogP contribution is 2.37. The summed E-state index contributed by atoms with van der Waals surface area (Å²) < 4.78 is 17.4. The summed E-state index contributed by atoms with van der Waals surface area (Å²) in [5, 5.41) is 11.5. The fourth-order valence-corrected chi connectivity index (χ4v) is 8.55. The van der Waals surface area contributed by atoms with Crippen molar-refractivity contribution in [3.05, 3.63) is 29.8 Å². The molecule has 0 bridgehead atoms. The second-order valence-electron chi connectivity index (χ2n) is 13.1. The lowest BCUT2D eigenvalue weighted by Crippen LogP contribution is -2.41. The van der Waals surface area contributed by atoms with Crippen LogP contribution in [0, 0.1) is 17.8 Å². The van der Waals surface area contributed by atoms with Crippen LogP contribution in [-0.4, -0.2) is 52.0 Å². The van der Waals surface area contributed by atoms with Crippen molar-refractivity contribution in [2.75, 3.05) is 33.0 Å². The van der Waals surface area contributed by atoms with E-state index in [0.29, 0.717) is 26.4 Å². The van der Waals surface area contributed by atoms with Crippen LogP contribution in [-0.2, 0) is 14.2 Å². The van der Waals surface area contributed by atoms with Crippen molar-refractivity contribution < 1.29 is 19.3 Å². The Morgan fingerprint density at radius 3 is 2.27 bits per heavy atom. The van der Waals surface area contributed by atoms with Crippen molar-refractivity contribution in [2.24, 2.45) is 17.8 Å². The number of aliphatic hydroxyl groups is 1. The van der Waals surface area contributed by atoms with Crippen LogP contribution in [0.15, 0.2) is 24.3 Å². The smallest absolute Gasteiger partial charge is 0.162 e. The number of hydrogen-bond donors (Lipinski definition) is 1. The van der Waals surface area contributed by atoms with Crippen LogP contribution >= 0.6 is 0 Å². The average molecular weight is 533 g/mol. The first kappa shape index (κ1) is 30.8. The first-order valence-electron chi connectivity index (χ1n) is 15.3. The highest BCUT2D eigenvalue weighted by atomic mass is 28.3. The van der Waals surface area contributed by atoms with Crippen LogP contribution in [0.4, 0.5) is 0 Å². The SMILES string of the molecule is CCCCCC1CCC(c2ccc([Si](C)(C)CCCC(CO)COCC3COC(C)(C)OC3)cc2)CC1. The second-order valence-corrected chi connectivity index (χ2v) is 17.9. The van der Waals surface area contributed by atoms with Crippen LogP contribution < -0.4 is 5.19 Å². The molecular formula is C32H56O4Si. The molecule has 212 valence electrons. The molecule has 2 aliphatic rings. The Bertz CT molecular complexity index is 745. The van der Waals surface area contributed by atoms with Gasteiger partial charge in [-0.25, -0.2) is 0 Å². The van der Waals surface area contributed by atoms with Gasteiger partial charge in [0.1, 0.15) is 0 Å². The van der Waals surface area contributed by atoms with Gasteiger partial charge in [-0.3, -0.25) is 0 Å². The Hall–Kier alpha value is -0.723. The lowest BCUT2D eigenvalue weighted by Gasteiger charge is -2.34. The molecular weight excluding hydrogens is 476 g/mol. The predicted octanol–water partition coefficient (Wildman–Crippen LogP) is 7.26. The molecule has 0 radical (unpaired) electrons. The van der Waals surface area contributed by atoms with E-state index in [1.165, 1.54) is 57.4 Å². The molecule has 0 aromatic heterocycles. The molecule has 0 amide bonds. The first-order valence-corrected chi connectivity index (χ1v) is 18.5. The van der Waals surface area contributed by atoms with E-state index >= 15 is 0 Å². The molecule has 1 aromatic rings. The summed E-state index contributed by atoms with van der Waals surface area (Å²) in [6.07, 6.45) is 13.4. The van der Waals surface area contributed by atoms with Crippen LogP contribution in [0.3, 0.4) is 0 Å². The second kappa shape index (κ2) is 15.2. The summed E-state index contributed by atoms with van der Waals surface area (Å²) in [5.74, 6) is 1.76. The Kier molecular flexibility index (Phi) is 12.6. The minimum atomic E-state index is -1.49. The van der Waals surface area contributed by atoms with E-state index in [-0.39, 0.29) is 18.4 Å². The maximum Gasteiger partial charge on any atom is 0.162 e. The van der Waals surface area contributed by atoms with Gasteiger partial charge in [-0.2, -0.15) is 0 Å². The predicted molar refractivity (Wildman–Crippen MR) is 157 cm³/mol. The molecule has 1 N–H and O–H groups in total. The zero-order valence-electron chi connectivity index (χ0n) is 24.6. The summed E-state index contributed by atoms with van der Waals surface area (Å²) >= 11 is 0. The van der Waals surface area contributed by atoms with Gasteiger partial charge in [0, 0.05) is 18.4 Å². The van der Waals surface area contributed by atoms with Crippen LogP contribution in [0.1, 0.15) is 96.5 Å². The molecule has 3 rings (SSSR count). The fourth-order valence-electron chi connectivity index (χ4n) is 6.10. The monoisotopic (exact) mass is 532 g/mol. The molecule has 1 aliphatic heterocycles. The van der Waals surface area contributed by atoms with Gasteiger partial charge in [-0.1, -0.05) is 87.6 Å². The fraction of sp³-hybridized carbons (Fsp3) is 0.812. The van der Waals surface area contributed by atoms with Crippen molar-refractivity contribution in [1.82, 2.24) is 0 Å². The lowest BCUT2D eigenvalue weighted by molar-refractivity contribution is -0.266. The minimum absolute atomic E-state index is 0.197. The molecule has 1 unspecified atom stereocenters. The lowest BCUT2D eigenvalue weighted by atomic mass is 9.77. The summed E-state index contributed by atoms with van der Waals surface area (Å²) in [5.41, 5.74) is 1.57. The summed E-state index contributed by atoms with van der Waals surface area (Å²) in [7, 11) is -1.49. The van der Waals surface area contributed by atoms with Gasteiger partial charge in [-0.15, -0.1) is 0 Å². The zero-order chi connectivity index (χ0) is 26.7. The number of benzene rings is 1. The third-order valence-electron chi connectivity index (χ3n) is 8.94. The molecule has 37 heavy (non-hydrogen) atoms. The van der Waals surface area contributed by atoms with Gasteiger partial charge in [0.05, 0.1) is 34.5 Å². The van der Waals surface area contributed by atoms with Crippen molar-refractivity contribution in [1.29, 1.82) is 0 Å². The molecule has 1 saturated heterocycles. The maximum absolute atomic E-state index is 9.88. The van der Waals surface area contributed by atoms with Crippen LogP contribution in [0.5, 0.6) is 0 Å². The van der Waals surface area contributed by atoms with E-state index in [2.05, 4.69) is 44.3 Å². The molecule has 0 spiro atoms. The summed E-state index contributed by atoms with van der Waals surface area (Å²) in [6, 6.07) is 11.0. The number of unbranched alkanes of at least 4 members (excludes halogenated alkanes) is 2. The highest BCUT2D eigenvalue weighted by molar-refractivity contribution is 6.89. The van der Waals surface area contributed by atoms with Crippen molar-refractivity contribution in [3.8, 4) is 0 Å². The van der Waals surface area contributed by atoms with Crippen molar-refractivity contribution in [2.45, 2.75) is 116 Å². The molecule has 1 atom stereocenters. The van der Waals surface area contributed by atoms with E-state index in [0.717, 1.165) is 24.7 Å². The van der Waals surface area contributed by atoms with Crippen molar-refractivity contribution >= 4 is 13.3 Å². The number of ether oxygens (including phenoxy) is 3. The summed E-state index contributed by atoms with van der Waals surface area (Å²) in [6.45, 7) is 14.0. The Morgan fingerprint density at radius 2 is 1.65 bits per heavy atom. The first-order chi connectivity index (χ1) is 17.7. The molecule has 5 heteroatoms. The number of aliphatic hydroxyl groups excluding tert-OH is 1. The summed E-state index contributed by atoms with van der Waals surface area (Å²) in [4.78, 5) is 0. The molecule has 1 aliphatic carbocycles. The van der Waals surface area contributed by atoms with Gasteiger partial charge in [-0.05, 0) is 63.4 Å². The van der Waals surface area contributed by atoms with E-state index in [1.807, 2.05) is 13.8 Å². The van der Waals surface area contributed by atoms with Gasteiger partial charge >= 0.3 is 0 Å². The van der Waals surface area contributed by atoms with Crippen LogP contribution in [0.2, 0.25) is 19.1 Å². The largest absolute Gasteiger partial charge is 0.396 e. The van der Waals surface area contributed by atoms with Gasteiger partial charge in [0.2, 0.25) is 0 Å². The normalized spacial score (nSPS) is 23.7. The van der Waals surface area contributed by atoms with E-state index < -0.39 is 13.9 Å². The van der Waals surface area contributed by atoms with Crippen molar-refractivity contribution in [3.63, 3.8) is 0 Å². The van der Waals surface area contributed by atoms with E-state index in [1.54, 1.807) is 10.8 Å². The van der Waals surface area contributed by atoms with Crippen LogP contribution in [0.25, 0.3) is 0 Å². The van der Waals surface area contributed by atoms with Gasteiger partial charge in [0.15, 0.2) is 5.79 Å². The van der Waals surface area contributed by atoms with Gasteiger partial charge < -0.3 is 19.3 Å². The van der Waals surface area contributed by atoms with E-state index in [9.17, 15) is 5.11 Å². The van der Waals surface area contributed by atoms with Gasteiger partial charge in [0.25, 0.3) is 0 Å². The Labute approximate surface area is 228 Å². The highest BCUT2D eigenvalue weighted by Gasteiger charge is 2.29. The zero-order valence-corrected chi connectivity index (χ0v) is 25.6. The maximum atomic E-state index is 9.88. The molecule has 4 nitrogen and oxygen atoms in total. The Balaban J connectivity index is 1.36. The standard InChI is InChI=1S/C32H56O4Si/c1-6-7-8-10-26-12-14-29(15-13-26)30-16-18-31(19-17-30)37(4,5)20-9-11-27(21-33)22-34-23-28-24-35-32(2,3)36-25-28/h16-19,26-29,33H,6-15,20-25H2,1-5H3. The third kappa shape index (κ3) is 10.4. The Morgan fingerprint density at radius 1 is 0.973 bits per heavy atom. The molecule has 2 fully saturated rings. The number of rotatable bonds is 15. The third-order valence-corrected chi connectivity index (χ3v) is 12.4. The molecule has 1 heterocycles. The molecule has 1 aromatic carbocycles. The van der Waals surface area contributed by atoms with E-state index in [4.69, 9.17) is 14.2 Å². The average Bonchev–Trinajstić information content (AvgIpc) is 2.89. The number of hydrogen-bond acceptors (Lipinski definition) is 4.